The van der Waals surface area contributed by atoms with Gasteiger partial charge in [-0.05, 0) is 13.8 Å². The summed E-state index contributed by atoms with van der Waals surface area (Å²) in [6, 6.07) is 1.96. The fourth-order valence-corrected chi connectivity index (χ4v) is 2.10. The highest BCUT2D eigenvalue weighted by molar-refractivity contribution is 5.10. The first-order valence-electron chi connectivity index (χ1n) is 5.15. The Balaban J connectivity index is 2.67. The molecular formula is C10H15F3N2O. The van der Waals surface area contributed by atoms with Crippen molar-refractivity contribution in [1.82, 2.24) is 5.32 Å². The fourth-order valence-electron chi connectivity index (χ4n) is 2.10. The average Bonchev–Trinajstić information content (AvgIpc) is 2.12. The van der Waals surface area contributed by atoms with Crippen LogP contribution in [-0.4, -0.2) is 30.5 Å². The van der Waals surface area contributed by atoms with Crippen LogP contribution in [0.5, 0.6) is 0 Å². The van der Waals surface area contributed by atoms with Crippen molar-refractivity contribution < 1.29 is 17.9 Å². The van der Waals surface area contributed by atoms with Crippen LogP contribution >= 0.6 is 0 Å². The minimum Gasteiger partial charge on any atom is -0.375 e. The van der Waals surface area contributed by atoms with Gasteiger partial charge in [0.25, 0.3) is 0 Å². The summed E-state index contributed by atoms with van der Waals surface area (Å²) in [5, 5.41) is 11.4. The van der Waals surface area contributed by atoms with E-state index in [1.807, 2.05) is 6.07 Å². The Morgan fingerprint density at radius 3 is 2.25 bits per heavy atom. The van der Waals surface area contributed by atoms with Crippen LogP contribution in [0.25, 0.3) is 0 Å². The maximum absolute atomic E-state index is 12.1. The lowest BCUT2D eigenvalue weighted by atomic mass is 9.85. The zero-order valence-corrected chi connectivity index (χ0v) is 9.27. The lowest BCUT2D eigenvalue weighted by Gasteiger charge is -2.38. The molecule has 0 aromatic heterocycles. The molecule has 1 N–H and O–H groups in total. The predicted molar refractivity (Wildman–Crippen MR) is 51.6 cm³/mol. The third kappa shape index (κ3) is 3.65. The van der Waals surface area contributed by atoms with Crippen LogP contribution in [-0.2, 0) is 4.74 Å². The number of hydrogen-bond donors (Lipinski definition) is 1. The number of alkyl halides is 3. The first-order chi connectivity index (χ1) is 7.26. The van der Waals surface area contributed by atoms with Crippen molar-refractivity contribution in [3.05, 3.63) is 0 Å². The molecule has 16 heavy (non-hydrogen) atoms. The van der Waals surface area contributed by atoms with Crippen molar-refractivity contribution >= 4 is 0 Å². The summed E-state index contributed by atoms with van der Waals surface area (Å²) in [6.07, 6.45) is -4.14. The van der Waals surface area contributed by atoms with Crippen LogP contribution in [0.3, 0.4) is 0 Å². The van der Waals surface area contributed by atoms with Crippen molar-refractivity contribution in [3.63, 3.8) is 0 Å². The maximum Gasteiger partial charge on any atom is 0.401 e. The Morgan fingerprint density at radius 2 is 1.88 bits per heavy atom. The minimum absolute atomic E-state index is 0.205. The van der Waals surface area contributed by atoms with E-state index < -0.39 is 18.3 Å². The zero-order valence-electron chi connectivity index (χ0n) is 9.27. The van der Waals surface area contributed by atoms with Gasteiger partial charge in [0.1, 0.15) is 5.54 Å². The summed E-state index contributed by atoms with van der Waals surface area (Å²) in [5.74, 6) is 0. The Morgan fingerprint density at radius 1 is 1.38 bits per heavy atom. The van der Waals surface area contributed by atoms with Gasteiger partial charge in [0.15, 0.2) is 0 Å². The van der Waals surface area contributed by atoms with Crippen molar-refractivity contribution in [2.24, 2.45) is 0 Å². The second-order valence-electron chi connectivity index (χ2n) is 4.33. The average molecular weight is 236 g/mol. The van der Waals surface area contributed by atoms with Gasteiger partial charge < -0.3 is 4.74 Å². The summed E-state index contributed by atoms with van der Waals surface area (Å²) in [7, 11) is 0. The molecule has 0 aliphatic carbocycles. The van der Waals surface area contributed by atoms with Crippen LogP contribution in [0.15, 0.2) is 0 Å². The molecule has 0 spiro atoms. The lowest BCUT2D eigenvalue weighted by molar-refractivity contribution is -0.133. The third-order valence-electron chi connectivity index (χ3n) is 2.58. The third-order valence-corrected chi connectivity index (χ3v) is 2.58. The number of nitriles is 1. The van der Waals surface area contributed by atoms with Gasteiger partial charge >= 0.3 is 6.18 Å². The largest absolute Gasteiger partial charge is 0.401 e. The first-order valence-corrected chi connectivity index (χ1v) is 5.15. The predicted octanol–water partition coefficient (Wildman–Crippen LogP) is 1.99. The molecule has 92 valence electrons. The lowest BCUT2D eigenvalue weighted by Crippen LogP contribution is -2.54. The second kappa shape index (κ2) is 4.60. The van der Waals surface area contributed by atoms with Crippen molar-refractivity contribution in [3.8, 4) is 6.07 Å². The standard InChI is InChI=1S/C10H15F3N2O/c1-7-3-9(5-14,4-8(2)16-7)15-6-10(11,12)13/h7-8,15H,3-4,6H2,1-2H3. The van der Waals surface area contributed by atoms with Gasteiger partial charge in [-0.3, -0.25) is 5.32 Å². The maximum atomic E-state index is 12.1. The van der Waals surface area contributed by atoms with E-state index in [1.165, 1.54) is 0 Å². The number of nitrogens with zero attached hydrogens (tertiary/aromatic N) is 1. The summed E-state index contributed by atoms with van der Waals surface area (Å²) < 4.78 is 41.7. The van der Waals surface area contributed by atoms with E-state index >= 15 is 0 Å². The van der Waals surface area contributed by atoms with Crippen molar-refractivity contribution in [2.75, 3.05) is 6.54 Å². The minimum atomic E-state index is -4.30. The number of hydrogen-bond acceptors (Lipinski definition) is 3. The van der Waals surface area contributed by atoms with Gasteiger partial charge in [0.2, 0.25) is 0 Å². The molecule has 0 amide bonds. The van der Waals surface area contributed by atoms with Crippen molar-refractivity contribution in [1.29, 1.82) is 5.26 Å². The van der Waals surface area contributed by atoms with E-state index in [9.17, 15) is 13.2 Å². The number of nitrogens with one attached hydrogen (secondary N) is 1. The molecule has 0 aromatic rings. The SMILES string of the molecule is CC1CC(C#N)(NCC(F)(F)F)CC(C)O1. The molecule has 0 radical (unpaired) electrons. The monoisotopic (exact) mass is 236 g/mol. The number of ether oxygens (including phenoxy) is 1. The molecule has 1 heterocycles. The van der Waals surface area contributed by atoms with E-state index in [4.69, 9.17) is 10.00 Å². The summed E-state index contributed by atoms with van der Waals surface area (Å²) in [4.78, 5) is 0. The smallest absolute Gasteiger partial charge is 0.375 e. The topological polar surface area (TPSA) is 45.0 Å². The normalized spacial score (nSPS) is 35.8. The Kier molecular flexibility index (Phi) is 3.81. The molecule has 1 aliphatic heterocycles. The fraction of sp³-hybridized carbons (Fsp3) is 0.900. The van der Waals surface area contributed by atoms with Gasteiger partial charge in [-0.15, -0.1) is 0 Å². The Labute approximate surface area is 92.6 Å². The molecular weight excluding hydrogens is 221 g/mol. The highest BCUT2D eigenvalue weighted by Crippen LogP contribution is 2.29. The summed E-state index contributed by atoms with van der Waals surface area (Å²) >= 11 is 0. The molecule has 0 aromatic carbocycles. The molecule has 2 unspecified atom stereocenters. The molecule has 6 heteroatoms. The summed E-state index contributed by atoms with van der Waals surface area (Å²) in [6.45, 7) is 2.38. The van der Waals surface area contributed by atoms with E-state index in [-0.39, 0.29) is 25.0 Å². The van der Waals surface area contributed by atoms with Crippen LogP contribution in [0.2, 0.25) is 0 Å². The van der Waals surface area contributed by atoms with Crippen LogP contribution in [0.1, 0.15) is 26.7 Å². The van der Waals surface area contributed by atoms with E-state index in [0.29, 0.717) is 0 Å². The first kappa shape index (κ1) is 13.3. The molecule has 3 nitrogen and oxygen atoms in total. The van der Waals surface area contributed by atoms with Gasteiger partial charge in [0.05, 0.1) is 24.8 Å². The Bertz CT molecular complexity index is 275. The van der Waals surface area contributed by atoms with Gasteiger partial charge in [-0.25, -0.2) is 0 Å². The van der Waals surface area contributed by atoms with E-state index in [2.05, 4.69) is 5.32 Å². The zero-order chi connectivity index (χ0) is 12.4. The van der Waals surface area contributed by atoms with Crippen LogP contribution in [0, 0.1) is 11.3 Å². The highest BCUT2D eigenvalue weighted by atomic mass is 19.4. The molecule has 0 bridgehead atoms. The van der Waals surface area contributed by atoms with Crippen molar-refractivity contribution in [2.45, 2.75) is 50.6 Å². The number of rotatable bonds is 2. The quantitative estimate of drug-likeness (QED) is 0.797. The molecule has 2 atom stereocenters. The van der Waals surface area contributed by atoms with E-state index in [0.717, 1.165) is 0 Å². The Hall–Kier alpha value is -0.800. The number of halogens is 3. The van der Waals surface area contributed by atoms with Gasteiger partial charge in [-0.1, -0.05) is 0 Å². The van der Waals surface area contributed by atoms with Gasteiger partial charge in [0, 0.05) is 12.8 Å². The van der Waals surface area contributed by atoms with E-state index in [1.54, 1.807) is 13.8 Å². The van der Waals surface area contributed by atoms with Crippen LogP contribution in [0.4, 0.5) is 13.2 Å². The second-order valence-corrected chi connectivity index (χ2v) is 4.33. The molecule has 0 saturated carbocycles. The van der Waals surface area contributed by atoms with Crippen LogP contribution < -0.4 is 5.32 Å². The molecule has 1 saturated heterocycles. The molecule has 1 rings (SSSR count). The van der Waals surface area contributed by atoms with Gasteiger partial charge in [-0.2, -0.15) is 18.4 Å². The highest BCUT2D eigenvalue weighted by Gasteiger charge is 2.41. The summed E-state index contributed by atoms with van der Waals surface area (Å²) in [5.41, 5.74) is -1.12. The molecule has 1 fully saturated rings. The molecule has 1 aliphatic rings.